The Bertz CT molecular complexity index is 1380. The van der Waals surface area contributed by atoms with Crippen LogP contribution in [0.25, 0.3) is 44.6 Å². The van der Waals surface area contributed by atoms with Crippen molar-refractivity contribution in [3.63, 3.8) is 0 Å². The molecule has 0 aliphatic carbocycles. The summed E-state index contributed by atoms with van der Waals surface area (Å²) in [6.45, 7) is 6.03. The van der Waals surface area contributed by atoms with Gasteiger partial charge in [-0.25, -0.2) is 4.98 Å². The van der Waals surface area contributed by atoms with E-state index in [4.69, 9.17) is 4.98 Å². The molecule has 0 spiro atoms. The van der Waals surface area contributed by atoms with Crippen LogP contribution in [0.3, 0.4) is 0 Å². The molecule has 0 amide bonds. The number of thioether (sulfide) groups is 1. The number of H-pyrrole nitrogens is 2. The van der Waals surface area contributed by atoms with Crippen molar-refractivity contribution in [2.75, 3.05) is 12.8 Å². The second-order valence-corrected chi connectivity index (χ2v) is 8.37. The van der Waals surface area contributed by atoms with Gasteiger partial charge in [0.15, 0.2) is 5.82 Å². The van der Waals surface area contributed by atoms with Gasteiger partial charge in [0.05, 0.1) is 11.0 Å². The highest BCUT2D eigenvalue weighted by atomic mass is 32.2. The molecule has 0 radical (unpaired) electrons. The molecule has 0 saturated carbocycles. The van der Waals surface area contributed by atoms with Crippen molar-refractivity contribution in [2.24, 2.45) is 0 Å². The van der Waals surface area contributed by atoms with Gasteiger partial charge in [-0.2, -0.15) is 5.10 Å². The minimum Gasteiger partial charge on any atom is -0.337 e. The number of aromatic amines is 2. The summed E-state index contributed by atoms with van der Waals surface area (Å²) in [4.78, 5) is 13.9. The van der Waals surface area contributed by atoms with Gasteiger partial charge in [-0.3, -0.25) is 10.1 Å². The maximum atomic E-state index is 4.86. The molecule has 0 fully saturated rings. The molecule has 6 nitrogen and oxygen atoms in total. The van der Waals surface area contributed by atoms with E-state index in [0.29, 0.717) is 0 Å². The first-order chi connectivity index (χ1) is 15.2. The average molecular weight is 429 g/mol. The SMILES string of the molecule is CCNCc1cncc(-c2ccc3[nH]nc(-c4nc5c(SC)cccc5[nH]4)c3c2)c1C. The fraction of sp³-hybridized carbons (Fsp3) is 0.208. The van der Waals surface area contributed by atoms with Gasteiger partial charge in [0.1, 0.15) is 11.2 Å². The molecule has 0 aliphatic rings. The molecule has 0 unspecified atom stereocenters. The third-order valence-electron chi connectivity index (χ3n) is 5.68. The number of hydrogen-bond acceptors (Lipinski definition) is 5. The normalized spacial score (nSPS) is 11.6. The molecule has 0 saturated heterocycles. The molecular formula is C24H24N6S. The summed E-state index contributed by atoms with van der Waals surface area (Å²) in [5.74, 6) is 0.774. The van der Waals surface area contributed by atoms with Crippen LogP contribution in [0.2, 0.25) is 0 Å². The first kappa shape index (κ1) is 19.8. The van der Waals surface area contributed by atoms with E-state index in [0.717, 1.165) is 62.6 Å². The first-order valence-corrected chi connectivity index (χ1v) is 11.6. The Balaban J connectivity index is 1.62. The van der Waals surface area contributed by atoms with Gasteiger partial charge in [-0.05, 0) is 60.7 Å². The number of hydrogen-bond donors (Lipinski definition) is 3. The summed E-state index contributed by atoms with van der Waals surface area (Å²) in [6.07, 6.45) is 5.96. The molecule has 7 heteroatoms. The topological polar surface area (TPSA) is 82.3 Å². The van der Waals surface area contributed by atoms with E-state index < -0.39 is 0 Å². The van der Waals surface area contributed by atoms with Crippen molar-refractivity contribution in [1.82, 2.24) is 30.5 Å². The smallest absolute Gasteiger partial charge is 0.159 e. The van der Waals surface area contributed by atoms with Gasteiger partial charge >= 0.3 is 0 Å². The van der Waals surface area contributed by atoms with Crippen molar-refractivity contribution < 1.29 is 0 Å². The van der Waals surface area contributed by atoms with E-state index in [9.17, 15) is 0 Å². The number of para-hydroxylation sites is 1. The third-order valence-corrected chi connectivity index (χ3v) is 6.45. The minimum absolute atomic E-state index is 0.774. The van der Waals surface area contributed by atoms with Crippen LogP contribution in [0.15, 0.2) is 53.7 Å². The van der Waals surface area contributed by atoms with Gasteiger partial charge in [0, 0.05) is 34.8 Å². The lowest BCUT2D eigenvalue weighted by atomic mass is 9.98. The van der Waals surface area contributed by atoms with Gasteiger partial charge < -0.3 is 10.3 Å². The summed E-state index contributed by atoms with van der Waals surface area (Å²) in [5.41, 5.74) is 8.53. The summed E-state index contributed by atoms with van der Waals surface area (Å²) >= 11 is 1.70. The van der Waals surface area contributed by atoms with Crippen LogP contribution in [0, 0.1) is 6.92 Å². The third kappa shape index (κ3) is 3.49. The van der Waals surface area contributed by atoms with Gasteiger partial charge in [-0.1, -0.05) is 19.1 Å². The number of aromatic nitrogens is 5. The van der Waals surface area contributed by atoms with Crippen LogP contribution in [0.4, 0.5) is 0 Å². The van der Waals surface area contributed by atoms with Gasteiger partial charge in [-0.15, -0.1) is 11.8 Å². The Labute approximate surface area is 184 Å². The number of nitrogens with zero attached hydrogens (tertiary/aromatic N) is 3. The van der Waals surface area contributed by atoms with Crippen LogP contribution in [0.1, 0.15) is 18.1 Å². The van der Waals surface area contributed by atoms with Gasteiger partial charge in [0.25, 0.3) is 0 Å². The van der Waals surface area contributed by atoms with Crippen LogP contribution in [0.5, 0.6) is 0 Å². The molecule has 3 N–H and O–H groups in total. The lowest BCUT2D eigenvalue weighted by Crippen LogP contribution is -2.13. The maximum Gasteiger partial charge on any atom is 0.159 e. The lowest BCUT2D eigenvalue weighted by molar-refractivity contribution is 0.721. The van der Waals surface area contributed by atoms with Crippen molar-refractivity contribution in [2.45, 2.75) is 25.3 Å². The lowest BCUT2D eigenvalue weighted by Gasteiger charge is -2.11. The molecule has 3 heterocycles. The Morgan fingerprint density at radius 1 is 1.10 bits per heavy atom. The van der Waals surface area contributed by atoms with Gasteiger partial charge in [0.2, 0.25) is 0 Å². The van der Waals surface area contributed by atoms with E-state index >= 15 is 0 Å². The standard InChI is InChI=1S/C24H24N6S/c1-4-25-11-16-12-26-13-18(14(16)2)15-8-9-19-17(10-15)22(30-29-19)24-27-20-6-5-7-21(31-3)23(20)28-24/h5-10,12-13,25H,4,11H2,1-3H3,(H,27,28)(H,29,30). The molecule has 0 bridgehead atoms. The van der Waals surface area contributed by atoms with Crippen LogP contribution in [-0.4, -0.2) is 37.9 Å². The minimum atomic E-state index is 0.774. The van der Waals surface area contributed by atoms with E-state index in [-0.39, 0.29) is 0 Å². The largest absolute Gasteiger partial charge is 0.337 e. The first-order valence-electron chi connectivity index (χ1n) is 10.4. The Morgan fingerprint density at radius 3 is 2.84 bits per heavy atom. The summed E-state index contributed by atoms with van der Waals surface area (Å²) in [7, 11) is 0. The molecule has 5 aromatic rings. The monoisotopic (exact) mass is 428 g/mol. The molecular weight excluding hydrogens is 404 g/mol. The van der Waals surface area contributed by atoms with E-state index in [2.05, 4.69) is 75.9 Å². The summed E-state index contributed by atoms with van der Waals surface area (Å²) < 4.78 is 0. The predicted molar refractivity (Wildman–Crippen MR) is 128 cm³/mol. The number of imidazole rings is 1. The molecule has 5 rings (SSSR count). The van der Waals surface area contributed by atoms with E-state index in [1.165, 1.54) is 11.1 Å². The molecule has 0 atom stereocenters. The quantitative estimate of drug-likeness (QED) is 0.319. The van der Waals surface area contributed by atoms with Crippen molar-refractivity contribution in [3.05, 3.63) is 59.9 Å². The second kappa shape index (κ2) is 8.17. The van der Waals surface area contributed by atoms with Crippen molar-refractivity contribution in [1.29, 1.82) is 0 Å². The number of rotatable bonds is 6. The van der Waals surface area contributed by atoms with Crippen LogP contribution >= 0.6 is 11.8 Å². The fourth-order valence-corrected chi connectivity index (χ4v) is 4.51. The Kier molecular flexibility index (Phi) is 5.21. The van der Waals surface area contributed by atoms with Crippen molar-refractivity contribution >= 4 is 33.7 Å². The van der Waals surface area contributed by atoms with Crippen molar-refractivity contribution in [3.8, 4) is 22.6 Å². The average Bonchev–Trinajstić information content (AvgIpc) is 3.41. The number of nitrogens with one attached hydrogen (secondary N) is 3. The molecule has 0 aliphatic heterocycles. The van der Waals surface area contributed by atoms with Crippen LogP contribution in [-0.2, 0) is 6.54 Å². The zero-order valence-corrected chi connectivity index (χ0v) is 18.6. The zero-order chi connectivity index (χ0) is 21.4. The summed E-state index contributed by atoms with van der Waals surface area (Å²) in [5, 5.41) is 12.2. The molecule has 2 aromatic carbocycles. The van der Waals surface area contributed by atoms with E-state index in [1.807, 2.05) is 18.5 Å². The van der Waals surface area contributed by atoms with E-state index in [1.54, 1.807) is 11.8 Å². The number of pyridine rings is 1. The maximum absolute atomic E-state index is 4.86. The zero-order valence-electron chi connectivity index (χ0n) is 17.8. The highest BCUT2D eigenvalue weighted by Gasteiger charge is 2.16. The Morgan fingerprint density at radius 2 is 2.00 bits per heavy atom. The second-order valence-electron chi connectivity index (χ2n) is 7.53. The highest BCUT2D eigenvalue weighted by molar-refractivity contribution is 7.98. The highest BCUT2D eigenvalue weighted by Crippen LogP contribution is 2.33. The fourth-order valence-electron chi connectivity index (χ4n) is 3.94. The number of fused-ring (bicyclic) bond motifs is 2. The van der Waals surface area contributed by atoms with Crippen LogP contribution < -0.4 is 5.32 Å². The molecule has 156 valence electrons. The molecule has 3 aromatic heterocycles. The number of benzene rings is 2. The summed E-state index contributed by atoms with van der Waals surface area (Å²) in [6, 6.07) is 12.6. The predicted octanol–water partition coefficient (Wildman–Crippen LogP) is 5.31. The molecule has 31 heavy (non-hydrogen) atoms. The Hall–Kier alpha value is -3.16.